The van der Waals surface area contributed by atoms with E-state index in [1.807, 2.05) is 33.8 Å². The summed E-state index contributed by atoms with van der Waals surface area (Å²) in [6.45, 7) is 8.63. The van der Waals surface area contributed by atoms with E-state index in [-0.39, 0.29) is 11.9 Å². The zero-order valence-electron chi connectivity index (χ0n) is 13.1. The van der Waals surface area contributed by atoms with Crippen molar-refractivity contribution in [2.45, 2.75) is 39.7 Å². The number of ether oxygens (including phenoxy) is 1. The molecular weight excluding hydrogens is 269 g/mol. The Labute approximate surface area is 125 Å². The second kappa shape index (κ2) is 5.88. The van der Waals surface area contributed by atoms with E-state index in [1.165, 1.54) is 12.1 Å². The van der Waals surface area contributed by atoms with Gasteiger partial charge in [0.2, 0.25) is 0 Å². The standard InChI is InChI=1S/C17H22FNO2/c1-12-11-14(18)5-6-15(12)13-7-9-19(10-8-13)16(20)21-17(2,3)4/h5-7,11H,8-10H2,1-4H3. The van der Waals surface area contributed by atoms with Gasteiger partial charge in [0.1, 0.15) is 11.4 Å². The molecule has 1 aliphatic heterocycles. The van der Waals surface area contributed by atoms with Crippen molar-refractivity contribution in [1.82, 2.24) is 4.90 Å². The molecule has 0 saturated carbocycles. The zero-order valence-corrected chi connectivity index (χ0v) is 13.1. The quantitative estimate of drug-likeness (QED) is 0.777. The summed E-state index contributed by atoms with van der Waals surface area (Å²) >= 11 is 0. The average molecular weight is 291 g/mol. The molecule has 0 aromatic heterocycles. The Kier molecular flexibility index (Phi) is 4.35. The lowest BCUT2D eigenvalue weighted by molar-refractivity contribution is 0.0270. The van der Waals surface area contributed by atoms with E-state index in [4.69, 9.17) is 4.74 Å². The first-order valence-corrected chi connectivity index (χ1v) is 7.20. The molecule has 0 spiro atoms. The maximum Gasteiger partial charge on any atom is 0.410 e. The van der Waals surface area contributed by atoms with E-state index in [0.717, 1.165) is 23.1 Å². The minimum atomic E-state index is -0.478. The van der Waals surface area contributed by atoms with Crippen molar-refractivity contribution in [3.63, 3.8) is 0 Å². The van der Waals surface area contributed by atoms with Gasteiger partial charge in [-0.1, -0.05) is 12.1 Å². The van der Waals surface area contributed by atoms with Gasteiger partial charge in [0.15, 0.2) is 0 Å². The summed E-state index contributed by atoms with van der Waals surface area (Å²) < 4.78 is 18.5. The van der Waals surface area contributed by atoms with E-state index < -0.39 is 5.60 Å². The first-order valence-electron chi connectivity index (χ1n) is 7.20. The fourth-order valence-corrected chi connectivity index (χ4v) is 2.39. The van der Waals surface area contributed by atoms with Crippen LogP contribution in [0.1, 0.15) is 38.3 Å². The molecule has 1 aliphatic rings. The number of carbonyl (C=O) groups excluding carboxylic acids is 1. The molecule has 0 fully saturated rings. The van der Waals surface area contributed by atoms with Crippen molar-refractivity contribution >= 4 is 11.7 Å². The normalized spacial score (nSPS) is 15.7. The maximum absolute atomic E-state index is 13.2. The highest BCUT2D eigenvalue weighted by atomic mass is 19.1. The van der Waals surface area contributed by atoms with Crippen LogP contribution in [0.3, 0.4) is 0 Å². The van der Waals surface area contributed by atoms with Gasteiger partial charge in [-0.25, -0.2) is 9.18 Å². The fraction of sp³-hybridized carbons (Fsp3) is 0.471. The first kappa shape index (κ1) is 15.5. The second-order valence-corrected chi connectivity index (χ2v) is 6.36. The molecule has 0 N–H and O–H groups in total. The van der Waals surface area contributed by atoms with Gasteiger partial charge in [0, 0.05) is 13.1 Å². The van der Waals surface area contributed by atoms with Gasteiger partial charge in [-0.15, -0.1) is 0 Å². The van der Waals surface area contributed by atoms with E-state index in [9.17, 15) is 9.18 Å². The van der Waals surface area contributed by atoms with Crippen molar-refractivity contribution < 1.29 is 13.9 Å². The van der Waals surface area contributed by atoms with Crippen LogP contribution in [0.2, 0.25) is 0 Å². The van der Waals surface area contributed by atoms with Gasteiger partial charge in [0.25, 0.3) is 0 Å². The number of aryl methyl sites for hydroxylation is 1. The molecule has 0 aliphatic carbocycles. The largest absolute Gasteiger partial charge is 0.444 e. The smallest absolute Gasteiger partial charge is 0.410 e. The van der Waals surface area contributed by atoms with Crippen molar-refractivity contribution in [1.29, 1.82) is 0 Å². The van der Waals surface area contributed by atoms with Gasteiger partial charge >= 0.3 is 6.09 Å². The summed E-state index contributed by atoms with van der Waals surface area (Å²) in [4.78, 5) is 13.7. The maximum atomic E-state index is 13.2. The summed E-state index contributed by atoms with van der Waals surface area (Å²) in [6, 6.07) is 4.82. The van der Waals surface area contributed by atoms with E-state index in [0.29, 0.717) is 13.1 Å². The lowest BCUT2D eigenvalue weighted by Crippen LogP contribution is -2.39. The topological polar surface area (TPSA) is 29.5 Å². The monoisotopic (exact) mass is 291 g/mol. The van der Waals surface area contributed by atoms with Crippen molar-refractivity contribution in [2.24, 2.45) is 0 Å². The van der Waals surface area contributed by atoms with Crippen molar-refractivity contribution in [2.75, 3.05) is 13.1 Å². The summed E-state index contributed by atoms with van der Waals surface area (Å²) in [5.74, 6) is -0.219. The summed E-state index contributed by atoms with van der Waals surface area (Å²) in [7, 11) is 0. The summed E-state index contributed by atoms with van der Waals surface area (Å²) in [5, 5.41) is 0. The van der Waals surface area contributed by atoms with E-state index in [2.05, 4.69) is 0 Å². The molecular formula is C17H22FNO2. The number of benzene rings is 1. The first-order chi connectivity index (χ1) is 9.76. The molecule has 0 atom stereocenters. The molecule has 1 aromatic rings. The highest BCUT2D eigenvalue weighted by Gasteiger charge is 2.24. The Morgan fingerprint density at radius 3 is 2.57 bits per heavy atom. The van der Waals surface area contributed by atoms with Crippen LogP contribution in [-0.4, -0.2) is 29.7 Å². The third-order valence-electron chi connectivity index (χ3n) is 3.40. The van der Waals surface area contributed by atoms with E-state index >= 15 is 0 Å². The van der Waals surface area contributed by atoms with Gasteiger partial charge in [-0.2, -0.15) is 0 Å². The number of amides is 1. The van der Waals surface area contributed by atoms with Crippen LogP contribution in [0.4, 0.5) is 9.18 Å². The number of nitrogens with zero attached hydrogens (tertiary/aromatic N) is 1. The van der Waals surface area contributed by atoms with Crippen LogP contribution in [-0.2, 0) is 4.74 Å². The van der Waals surface area contributed by atoms with Gasteiger partial charge in [0.05, 0.1) is 0 Å². The third-order valence-corrected chi connectivity index (χ3v) is 3.40. The third kappa shape index (κ3) is 4.06. The predicted molar refractivity (Wildman–Crippen MR) is 81.5 cm³/mol. The number of rotatable bonds is 1. The number of halogens is 1. The van der Waals surface area contributed by atoms with Gasteiger partial charge in [-0.3, -0.25) is 0 Å². The minimum absolute atomic E-state index is 0.219. The molecule has 0 unspecified atom stereocenters. The highest BCUT2D eigenvalue weighted by Crippen LogP contribution is 2.26. The van der Waals surface area contributed by atoms with Crippen molar-refractivity contribution in [3.05, 3.63) is 41.2 Å². The Balaban J connectivity index is 2.07. The SMILES string of the molecule is Cc1cc(F)ccc1C1=CCN(C(=O)OC(C)(C)C)CC1. The Morgan fingerprint density at radius 2 is 2.05 bits per heavy atom. The Hall–Kier alpha value is -1.84. The van der Waals surface area contributed by atoms with Crippen LogP contribution in [0.15, 0.2) is 24.3 Å². The summed E-state index contributed by atoms with van der Waals surface area (Å²) in [6.07, 6.45) is 2.49. The van der Waals surface area contributed by atoms with Crippen LogP contribution in [0, 0.1) is 12.7 Å². The van der Waals surface area contributed by atoms with Crippen molar-refractivity contribution in [3.8, 4) is 0 Å². The molecule has 3 nitrogen and oxygen atoms in total. The molecule has 0 saturated heterocycles. The molecule has 4 heteroatoms. The molecule has 0 radical (unpaired) electrons. The van der Waals surface area contributed by atoms with Gasteiger partial charge in [-0.05, 0) is 62.9 Å². The lowest BCUT2D eigenvalue weighted by Gasteiger charge is -2.30. The van der Waals surface area contributed by atoms with E-state index in [1.54, 1.807) is 11.0 Å². The number of hydrogen-bond acceptors (Lipinski definition) is 2. The van der Waals surface area contributed by atoms with Crippen LogP contribution < -0.4 is 0 Å². The molecule has 1 heterocycles. The van der Waals surface area contributed by atoms with Gasteiger partial charge < -0.3 is 9.64 Å². The zero-order chi connectivity index (χ0) is 15.6. The molecule has 1 aromatic carbocycles. The molecule has 114 valence electrons. The second-order valence-electron chi connectivity index (χ2n) is 6.36. The predicted octanol–water partition coefficient (Wildman–Crippen LogP) is 4.16. The van der Waals surface area contributed by atoms with Crippen LogP contribution in [0.25, 0.3) is 5.57 Å². The fourth-order valence-electron chi connectivity index (χ4n) is 2.39. The van der Waals surface area contributed by atoms with Crippen LogP contribution in [0.5, 0.6) is 0 Å². The number of carbonyl (C=O) groups is 1. The Morgan fingerprint density at radius 1 is 1.33 bits per heavy atom. The summed E-state index contributed by atoms with van der Waals surface area (Å²) in [5.41, 5.74) is 2.66. The molecule has 2 rings (SSSR count). The average Bonchev–Trinajstić information content (AvgIpc) is 2.37. The van der Waals surface area contributed by atoms with Crippen LogP contribution >= 0.6 is 0 Å². The number of hydrogen-bond donors (Lipinski definition) is 0. The molecule has 21 heavy (non-hydrogen) atoms. The highest BCUT2D eigenvalue weighted by molar-refractivity contribution is 5.73. The molecule has 1 amide bonds. The lowest BCUT2D eigenvalue weighted by atomic mass is 9.95. The minimum Gasteiger partial charge on any atom is -0.444 e. The molecule has 0 bridgehead atoms. The Bertz CT molecular complexity index is 573.